The minimum Gasteiger partial charge on any atom is -0.397 e. The molecule has 74 valence electrons. The zero-order chi connectivity index (χ0) is 10.8. The maximum Gasteiger partial charge on any atom is 0.252 e. The van der Waals surface area contributed by atoms with Gasteiger partial charge in [-0.25, -0.2) is 9.67 Å². The van der Waals surface area contributed by atoms with E-state index in [1.54, 1.807) is 0 Å². The van der Waals surface area contributed by atoms with Crippen LogP contribution in [-0.4, -0.2) is 14.8 Å². The SMILES string of the molecule is Cc1cccc(-n2cnc(C#N)n2)c1N. The van der Waals surface area contributed by atoms with E-state index in [1.807, 2.05) is 31.2 Å². The summed E-state index contributed by atoms with van der Waals surface area (Å²) in [6, 6.07) is 7.50. The quantitative estimate of drug-likeness (QED) is 0.695. The van der Waals surface area contributed by atoms with E-state index in [0.717, 1.165) is 11.3 Å². The zero-order valence-electron chi connectivity index (χ0n) is 8.18. The molecule has 0 aliphatic rings. The van der Waals surface area contributed by atoms with Crippen LogP contribution in [-0.2, 0) is 0 Å². The summed E-state index contributed by atoms with van der Waals surface area (Å²) in [7, 11) is 0. The highest BCUT2D eigenvalue weighted by Crippen LogP contribution is 2.19. The lowest BCUT2D eigenvalue weighted by Gasteiger charge is -2.06. The number of benzene rings is 1. The third-order valence-electron chi connectivity index (χ3n) is 2.14. The summed E-state index contributed by atoms with van der Waals surface area (Å²) >= 11 is 0. The minimum atomic E-state index is 0.135. The molecule has 2 rings (SSSR count). The van der Waals surface area contributed by atoms with E-state index in [1.165, 1.54) is 11.0 Å². The molecule has 0 spiro atoms. The molecule has 0 fully saturated rings. The second-order valence-electron chi connectivity index (χ2n) is 3.13. The van der Waals surface area contributed by atoms with E-state index in [9.17, 15) is 0 Å². The molecule has 0 unspecified atom stereocenters. The van der Waals surface area contributed by atoms with E-state index in [-0.39, 0.29) is 5.82 Å². The van der Waals surface area contributed by atoms with Crippen LogP contribution in [0.2, 0.25) is 0 Å². The van der Waals surface area contributed by atoms with Gasteiger partial charge in [-0.3, -0.25) is 0 Å². The molecule has 1 heterocycles. The summed E-state index contributed by atoms with van der Waals surface area (Å²) in [5.74, 6) is 0.135. The molecule has 0 radical (unpaired) electrons. The molecule has 5 heteroatoms. The summed E-state index contributed by atoms with van der Waals surface area (Å²) in [5.41, 5.74) is 8.25. The highest BCUT2D eigenvalue weighted by molar-refractivity contribution is 5.61. The molecular weight excluding hydrogens is 190 g/mol. The number of rotatable bonds is 1. The summed E-state index contributed by atoms with van der Waals surface area (Å²) in [6.07, 6.45) is 1.48. The maximum atomic E-state index is 8.60. The van der Waals surface area contributed by atoms with Crippen molar-refractivity contribution in [1.82, 2.24) is 14.8 Å². The van der Waals surface area contributed by atoms with Gasteiger partial charge in [0.15, 0.2) is 0 Å². The number of nitrogen functional groups attached to an aromatic ring is 1. The summed E-state index contributed by atoms with van der Waals surface area (Å²) in [6.45, 7) is 1.92. The number of para-hydroxylation sites is 1. The monoisotopic (exact) mass is 199 g/mol. The van der Waals surface area contributed by atoms with Crippen LogP contribution in [0.3, 0.4) is 0 Å². The lowest BCUT2D eigenvalue weighted by Crippen LogP contribution is -2.02. The minimum absolute atomic E-state index is 0.135. The van der Waals surface area contributed by atoms with Gasteiger partial charge < -0.3 is 5.73 Å². The lowest BCUT2D eigenvalue weighted by atomic mass is 10.2. The van der Waals surface area contributed by atoms with Gasteiger partial charge in [0.2, 0.25) is 0 Å². The first-order chi connectivity index (χ1) is 7.22. The summed E-state index contributed by atoms with van der Waals surface area (Å²) in [4.78, 5) is 3.82. The van der Waals surface area contributed by atoms with Gasteiger partial charge in [0.05, 0.1) is 11.4 Å². The normalized spacial score (nSPS) is 9.87. The second kappa shape index (κ2) is 3.42. The molecule has 0 atom stereocenters. The predicted molar refractivity (Wildman–Crippen MR) is 55.2 cm³/mol. The molecule has 1 aromatic carbocycles. The zero-order valence-corrected chi connectivity index (χ0v) is 8.18. The van der Waals surface area contributed by atoms with Crippen LogP contribution in [0.4, 0.5) is 5.69 Å². The van der Waals surface area contributed by atoms with Crippen LogP contribution >= 0.6 is 0 Å². The van der Waals surface area contributed by atoms with Crippen molar-refractivity contribution in [2.75, 3.05) is 5.73 Å². The molecule has 2 aromatic rings. The largest absolute Gasteiger partial charge is 0.397 e. The molecule has 0 aliphatic heterocycles. The topological polar surface area (TPSA) is 80.5 Å². The molecule has 0 amide bonds. The van der Waals surface area contributed by atoms with Crippen LogP contribution in [0.5, 0.6) is 0 Å². The van der Waals surface area contributed by atoms with Gasteiger partial charge in [0, 0.05) is 0 Å². The maximum absolute atomic E-state index is 8.60. The van der Waals surface area contributed by atoms with Crippen molar-refractivity contribution in [1.29, 1.82) is 5.26 Å². The molecule has 0 bridgehead atoms. The van der Waals surface area contributed by atoms with E-state index in [0.29, 0.717) is 5.69 Å². The lowest BCUT2D eigenvalue weighted by molar-refractivity contribution is 0.874. The number of aromatic nitrogens is 3. The van der Waals surface area contributed by atoms with Crippen molar-refractivity contribution in [3.8, 4) is 11.8 Å². The summed E-state index contributed by atoms with van der Waals surface area (Å²) < 4.78 is 1.50. The molecule has 2 N–H and O–H groups in total. The average molecular weight is 199 g/mol. The fourth-order valence-electron chi connectivity index (χ4n) is 1.30. The molecule has 15 heavy (non-hydrogen) atoms. The fraction of sp³-hybridized carbons (Fsp3) is 0.100. The van der Waals surface area contributed by atoms with Crippen LogP contribution in [0.25, 0.3) is 5.69 Å². The van der Waals surface area contributed by atoms with Crippen molar-refractivity contribution < 1.29 is 0 Å². The first-order valence-corrected chi connectivity index (χ1v) is 4.39. The highest BCUT2D eigenvalue weighted by Gasteiger charge is 2.06. The third-order valence-corrected chi connectivity index (χ3v) is 2.14. The Morgan fingerprint density at radius 2 is 2.27 bits per heavy atom. The Kier molecular flexibility index (Phi) is 2.10. The number of nitrogens with zero attached hydrogens (tertiary/aromatic N) is 4. The predicted octanol–water partition coefficient (Wildman–Crippen LogP) is 1.03. The first kappa shape index (κ1) is 9.21. The standard InChI is InChI=1S/C10H9N5/c1-7-3-2-4-8(10(7)12)15-6-13-9(5-11)14-15/h2-4,6H,12H2,1H3. The number of hydrogen-bond acceptors (Lipinski definition) is 4. The van der Waals surface area contributed by atoms with Crippen LogP contribution in [0, 0.1) is 18.3 Å². The van der Waals surface area contributed by atoms with E-state index in [2.05, 4.69) is 10.1 Å². The molecule has 0 aliphatic carbocycles. The Labute approximate surface area is 86.8 Å². The Balaban J connectivity index is 2.55. The fourth-order valence-corrected chi connectivity index (χ4v) is 1.30. The van der Waals surface area contributed by atoms with Crippen molar-refractivity contribution in [2.45, 2.75) is 6.92 Å². The number of nitrogens with two attached hydrogens (primary N) is 1. The smallest absolute Gasteiger partial charge is 0.252 e. The third kappa shape index (κ3) is 1.53. The molecular formula is C10H9N5. The van der Waals surface area contributed by atoms with Crippen LogP contribution in [0.15, 0.2) is 24.5 Å². The van der Waals surface area contributed by atoms with Gasteiger partial charge >= 0.3 is 0 Å². The molecule has 0 saturated heterocycles. The van der Waals surface area contributed by atoms with E-state index in [4.69, 9.17) is 11.0 Å². The van der Waals surface area contributed by atoms with Gasteiger partial charge in [-0.15, -0.1) is 5.10 Å². The average Bonchev–Trinajstić information content (AvgIpc) is 2.70. The van der Waals surface area contributed by atoms with Crippen LogP contribution < -0.4 is 5.73 Å². The molecule has 5 nitrogen and oxygen atoms in total. The van der Waals surface area contributed by atoms with E-state index >= 15 is 0 Å². The molecule has 1 aromatic heterocycles. The second-order valence-corrected chi connectivity index (χ2v) is 3.13. The van der Waals surface area contributed by atoms with Gasteiger partial charge in [0.25, 0.3) is 5.82 Å². The van der Waals surface area contributed by atoms with Gasteiger partial charge in [-0.1, -0.05) is 12.1 Å². The van der Waals surface area contributed by atoms with E-state index < -0.39 is 0 Å². The van der Waals surface area contributed by atoms with Gasteiger partial charge in [-0.05, 0) is 18.6 Å². The Hall–Kier alpha value is -2.35. The van der Waals surface area contributed by atoms with Crippen molar-refractivity contribution in [2.24, 2.45) is 0 Å². The number of anilines is 1. The van der Waals surface area contributed by atoms with Crippen molar-refractivity contribution >= 4 is 5.69 Å². The van der Waals surface area contributed by atoms with Gasteiger partial charge in [0.1, 0.15) is 12.4 Å². The highest BCUT2D eigenvalue weighted by atomic mass is 15.3. The van der Waals surface area contributed by atoms with Gasteiger partial charge in [-0.2, -0.15) is 5.26 Å². The summed E-state index contributed by atoms with van der Waals surface area (Å²) in [5, 5.41) is 12.6. The first-order valence-electron chi connectivity index (χ1n) is 4.39. The Morgan fingerprint density at radius 1 is 1.47 bits per heavy atom. The number of nitriles is 1. The Morgan fingerprint density at radius 3 is 2.93 bits per heavy atom. The Bertz CT molecular complexity index is 535. The van der Waals surface area contributed by atoms with Crippen molar-refractivity contribution in [3.05, 3.63) is 35.9 Å². The van der Waals surface area contributed by atoms with Crippen LogP contribution in [0.1, 0.15) is 11.4 Å². The number of hydrogen-bond donors (Lipinski definition) is 1. The molecule has 0 saturated carbocycles. The van der Waals surface area contributed by atoms with Crippen molar-refractivity contribution in [3.63, 3.8) is 0 Å². The number of aryl methyl sites for hydroxylation is 1.